The fraction of sp³-hybridized carbons (Fsp3) is 0.667. The van der Waals surface area contributed by atoms with Gasteiger partial charge in [0.05, 0.1) is 13.1 Å². The summed E-state index contributed by atoms with van der Waals surface area (Å²) in [4.78, 5) is 14.4. The van der Waals surface area contributed by atoms with Crippen LogP contribution in [0, 0.1) is 0 Å². The molecule has 0 fully saturated rings. The maximum absolute atomic E-state index is 12.4. The minimum absolute atomic E-state index is 0.105. The molecule has 0 spiro atoms. The lowest BCUT2D eigenvalue weighted by atomic mass is 10.1. The second kappa shape index (κ2) is 6.67. The Balaban J connectivity index is 2.24. The Kier molecular flexibility index (Phi) is 5.46. The van der Waals surface area contributed by atoms with Gasteiger partial charge in [0.1, 0.15) is 0 Å². The number of nitrogens with zero attached hydrogens (tertiary/aromatic N) is 4. The maximum Gasteiger partial charge on any atom is 0.274 e. The van der Waals surface area contributed by atoms with Crippen LogP contribution in [-0.4, -0.2) is 38.7 Å². The molecule has 0 N–H and O–H groups in total. The van der Waals surface area contributed by atoms with E-state index < -0.39 is 7.45 Å². The number of amides is 1. The largest absolute Gasteiger partial charge is 0.337 e. The van der Waals surface area contributed by atoms with E-state index in [4.69, 9.17) is 0 Å². The van der Waals surface area contributed by atoms with Gasteiger partial charge in [-0.1, -0.05) is 27.5 Å². The standard InChI is InChI=1S/C9H18N4OP4/c1-2-3-5-12-6-4-7-8(9(12)14)13(11-10-7)18(16)17-15/h17H,2-6,15-16H2,1H3. The molecule has 0 aromatic carbocycles. The monoisotopic (exact) mass is 322 g/mol. The molecule has 0 aliphatic carbocycles. The van der Waals surface area contributed by atoms with E-state index in [-0.39, 0.29) is 5.91 Å². The third-order valence-corrected chi connectivity index (χ3v) is 12.3. The van der Waals surface area contributed by atoms with Crippen molar-refractivity contribution in [2.24, 2.45) is 0 Å². The first-order valence-corrected chi connectivity index (χ1v) is 12.5. The molecule has 100 valence electrons. The molecule has 1 aromatic rings. The van der Waals surface area contributed by atoms with Crippen molar-refractivity contribution in [2.75, 3.05) is 13.1 Å². The van der Waals surface area contributed by atoms with E-state index in [1.807, 2.05) is 9.35 Å². The van der Waals surface area contributed by atoms with Crippen LogP contribution in [0.4, 0.5) is 0 Å². The number of aromatic nitrogens is 3. The van der Waals surface area contributed by atoms with E-state index in [0.29, 0.717) is 13.7 Å². The van der Waals surface area contributed by atoms with Gasteiger partial charge >= 0.3 is 0 Å². The fourth-order valence-corrected chi connectivity index (χ4v) is 4.81. The van der Waals surface area contributed by atoms with Crippen molar-refractivity contribution in [2.45, 2.75) is 26.2 Å². The molecule has 0 saturated heterocycles. The van der Waals surface area contributed by atoms with Crippen LogP contribution in [0.2, 0.25) is 0 Å². The predicted octanol–water partition coefficient (Wildman–Crippen LogP) is 2.50. The lowest BCUT2D eigenvalue weighted by Gasteiger charge is -2.27. The summed E-state index contributed by atoms with van der Waals surface area (Å²) in [5.74, 6) is 0.105. The Hall–Kier alpha value is 0.330. The second-order valence-electron chi connectivity index (χ2n) is 4.14. The van der Waals surface area contributed by atoms with Crippen molar-refractivity contribution >= 4 is 39.2 Å². The summed E-state index contributed by atoms with van der Waals surface area (Å²) in [5.41, 5.74) is 1.58. The summed E-state index contributed by atoms with van der Waals surface area (Å²) in [7, 11) is 5.66. The molecule has 4 atom stereocenters. The molecule has 1 aromatic heterocycles. The van der Waals surface area contributed by atoms with Gasteiger partial charge in [-0.15, -0.1) is 14.0 Å². The number of fused-ring (bicyclic) bond motifs is 1. The van der Waals surface area contributed by atoms with Crippen LogP contribution in [0.5, 0.6) is 0 Å². The Morgan fingerprint density at radius 2 is 2.33 bits per heavy atom. The number of carbonyl (C=O) groups is 1. The Bertz CT molecular complexity index is 438. The molecule has 2 rings (SSSR count). The molecular weight excluding hydrogens is 304 g/mol. The molecule has 1 aliphatic rings. The highest BCUT2D eigenvalue weighted by Crippen LogP contribution is 2.66. The molecule has 1 aliphatic heterocycles. The van der Waals surface area contributed by atoms with Gasteiger partial charge in [0.15, 0.2) is 5.69 Å². The Morgan fingerprint density at radius 1 is 1.56 bits per heavy atom. The minimum Gasteiger partial charge on any atom is -0.337 e. The highest BCUT2D eigenvalue weighted by Gasteiger charge is 2.30. The normalized spacial score (nSPS) is 17.5. The Labute approximate surface area is 115 Å². The summed E-state index contributed by atoms with van der Waals surface area (Å²) in [5, 5.41) is 8.31. The molecule has 5 nitrogen and oxygen atoms in total. The van der Waals surface area contributed by atoms with Crippen molar-refractivity contribution < 1.29 is 4.79 Å². The average molecular weight is 322 g/mol. The van der Waals surface area contributed by atoms with Gasteiger partial charge in [0, 0.05) is 19.5 Å². The quantitative estimate of drug-likeness (QED) is 0.783. The SMILES string of the molecule is CCCCN1CCc2nnn(P(P)PP)c2C1=O. The van der Waals surface area contributed by atoms with Crippen molar-refractivity contribution in [1.82, 2.24) is 19.7 Å². The van der Waals surface area contributed by atoms with E-state index in [0.717, 1.165) is 38.0 Å². The molecule has 0 saturated carbocycles. The maximum atomic E-state index is 12.4. The molecular formula is C9H18N4OP4. The zero-order valence-corrected chi connectivity index (χ0v) is 14.5. The van der Waals surface area contributed by atoms with E-state index >= 15 is 0 Å². The summed E-state index contributed by atoms with van der Waals surface area (Å²) < 4.78 is 1.82. The predicted molar refractivity (Wildman–Crippen MR) is 84.6 cm³/mol. The average Bonchev–Trinajstić information content (AvgIpc) is 2.82. The van der Waals surface area contributed by atoms with Crippen LogP contribution in [0.3, 0.4) is 0 Å². The zero-order valence-electron chi connectivity index (χ0n) is 10.3. The minimum atomic E-state index is -0.507. The molecule has 0 radical (unpaired) electrons. The van der Waals surface area contributed by atoms with E-state index in [2.05, 4.69) is 35.1 Å². The summed E-state index contributed by atoms with van der Waals surface area (Å²) in [6.07, 6.45) is 3.00. The number of carbonyl (C=O) groups excluding carboxylic acids is 1. The summed E-state index contributed by atoms with van der Waals surface area (Å²) in [6, 6.07) is 0. The first-order chi connectivity index (χ1) is 8.69. The van der Waals surface area contributed by atoms with Crippen LogP contribution >= 0.6 is 33.3 Å². The lowest BCUT2D eigenvalue weighted by molar-refractivity contribution is 0.0729. The van der Waals surface area contributed by atoms with Gasteiger partial charge in [0.2, 0.25) is 0 Å². The topological polar surface area (TPSA) is 51.0 Å². The van der Waals surface area contributed by atoms with Crippen LogP contribution in [0.1, 0.15) is 35.9 Å². The molecule has 0 bridgehead atoms. The van der Waals surface area contributed by atoms with Crippen LogP contribution in [0.25, 0.3) is 0 Å². The highest BCUT2D eigenvalue weighted by molar-refractivity contribution is 8.60. The third kappa shape index (κ3) is 2.91. The van der Waals surface area contributed by atoms with Crippen molar-refractivity contribution in [3.8, 4) is 0 Å². The molecule has 4 unspecified atom stereocenters. The zero-order chi connectivity index (χ0) is 13.1. The smallest absolute Gasteiger partial charge is 0.274 e. The van der Waals surface area contributed by atoms with Crippen molar-refractivity contribution in [3.63, 3.8) is 0 Å². The van der Waals surface area contributed by atoms with Gasteiger partial charge in [-0.25, -0.2) is 4.45 Å². The third-order valence-electron chi connectivity index (χ3n) is 2.95. The number of rotatable bonds is 5. The van der Waals surface area contributed by atoms with E-state index in [9.17, 15) is 4.79 Å². The highest BCUT2D eigenvalue weighted by atomic mass is 32.6. The van der Waals surface area contributed by atoms with Gasteiger partial charge in [0.25, 0.3) is 5.91 Å². The number of hydrogen-bond donors (Lipinski definition) is 0. The summed E-state index contributed by atoms with van der Waals surface area (Å²) >= 11 is 0. The van der Waals surface area contributed by atoms with Crippen molar-refractivity contribution in [1.29, 1.82) is 0 Å². The fourth-order valence-electron chi connectivity index (χ4n) is 1.94. The van der Waals surface area contributed by atoms with E-state index in [1.165, 1.54) is 0 Å². The van der Waals surface area contributed by atoms with Gasteiger partial charge in [-0.05, 0) is 14.4 Å². The van der Waals surface area contributed by atoms with Crippen molar-refractivity contribution in [3.05, 3.63) is 11.4 Å². The molecule has 18 heavy (non-hydrogen) atoms. The second-order valence-corrected chi connectivity index (χ2v) is 13.0. The molecule has 1 amide bonds. The van der Waals surface area contributed by atoms with Gasteiger partial charge < -0.3 is 4.90 Å². The lowest BCUT2D eigenvalue weighted by Crippen LogP contribution is -2.39. The first kappa shape index (κ1) is 14.7. The van der Waals surface area contributed by atoms with E-state index in [1.54, 1.807) is 0 Å². The van der Waals surface area contributed by atoms with Crippen LogP contribution in [0.15, 0.2) is 0 Å². The number of unbranched alkanes of at least 4 members (excludes halogenated alkanes) is 1. The van der Waals surface area contributed by atoms with Gasteiger partial charge in [-0.3, -0.25) is 4.79 Å². The molecule has 9 heteroatoms. The molecule has 2 heterocycles. The number of hydrogen-bond acceptors (Lipinski definition) is 3. The Morgan fingerprint density at radius 3 is 3.00 bits per heavy atom. The van der Waals surface area contributed by atoms with Crippen LogP contribution in [-0.2, 0) is 6.42 Å². The van der Waals surface area contributed by atoms with Crippen LogP contribution < -0.4 is 0 Å². The first-order valence-electron chi connectivity index (χ1n) is 5.94. The van der Waals surface area contributed by atoms with Gasteiger partial charge in [-0.2, -0.15) is 0 Å². The summed E-state index contributed by atoms with van der Waals surface area (Å²) in [6.45, 7) is 3.77.